The van der Waals surface area contributed by atoms with Crippen LogP contribution in [0.1, 0.15) is 37.0 Å². The van der Waals surface area contributed by atoms with Crippen molar-refractivity contribution in [3.8, 4) is 0 Å². The van der Waals surface area contributed by atoms with Crippen molar-refractivity contribution in [2.75, 3.05) is 30.8 Å². The topological polar surface area (TPSA) is 68.5 Å². The Morgan fingerprint density at radius 2 is 2.24 bits per heavy atom. The van der Waals surface area contributed by atoms with Crippen LogP contribution in [0.5, 0.6) is 0 Å². The van der Waals surface area contributed by atoms with Gasteiger partial charge in [-0.15, -0.1) is 0 Å². The number of methoxy groups -OCH3 is 1. The molecule has 0 unspecified atom stereocenters. The van der Waals surface area contributed by atoms with Crippen molar-refractivity contribution in [1.29, 1.82) is 0 Å². The summed E-state index contributed by atoms with van der Waals surface area (Å²) in [5.74, 6) is -0.159. The van der Waals surface area contributed by atoms with E-state index >= 15 is 0 Å². The number of aromatic nitrogens is 1. The minimum atomic E-state index is -0.416. The third-order valence-corrected chi connectivity index (χ3v) is 3.46. The minimum absolute atomic E-state index is 0.256. The highest BCUT2D eigenvalue weighted by Gasteiger charge is 2.23. The Bertz CT molecular complexity index is 379. The molecule has 1 aromatic heterocycles. The van der Waals surface area contributed by atoms with E-state index in [2.05, 4.69) is 16.2 Å². The molecule has 5 nitrogen and oxygen atoms in total. The molecule has 0 saturated carbocycles. The van der Waals surface area contributed by atoms with Gasteiger partial charge in [0.2, 0.25) is 0 Å². The number of nitrogens with two attached hydrogens (primary N) is 1. The molecule has 0 aromatic carbocycles. The van der Waals surface area contributed by atoms with Gasteiger partial charge in [0, 0.05) is 13.1 Å². The highest BCUT2D eigenvalue weighted by atomic mass is 32.1. The second-order valence-electron chi connectivity index (χ2n) is 3.67. The van der Waals surface area contributed by atoms with Crippen LogP contribution >= 0.6 is 11.5 Å². The Labute approximate surface area is 106 Å². The third kappa shape index (κ3) is 3.09. The van der Waals surface area contributed by atoms with E-state index in [1.54, 1.807) is 0 Å². The molecule has 0 fully saturated rings. The van der Waals surface area contributed by atoms with E-state index in [4.69, 9.17) is 10.5 Å². The molecule has 0 radical (unpaired) electrons. The van der Waals surface area contributed by atoms with Gasteiger partial charge in [-0.25, -0.2) is 4.79 Å². The van der Waals surface area contributed by atoms with E-state index in [-0.39, 0.29) is 5.82 Å². The van der Waals surface area contributed by atoms with Crippen LogP contribution < -0.4 is 10.6 Å². The standard InChI is InChI=1S/C11H19N3O2S/c1-4-6-7-14(5-2)10-8(11(15)16-3)9(12)13-17-10/h4-7H2,1-3H3,(H2,12,13). The number of ether oxygens (including phenoxy) is 1. The van der Waals surface area contributed by atoms with Gasteiger partial charge < -0.3 is 15.4 Å². The van der Waals surface area contributed by atoms with Crippen LogP contribution in [-0.2, 0) is 4.74 Å². The largest absolute Gasteiger partial charge is 0.465 e. The fourth-order valence-electron chi connectivity index (χ4n) is 1.56. The normalized spacial score (nSPS) is 10.3. The number of carbonyl (C=O) groups excluding carboxylic acids is 1. The van der Waals surface area contributed by atoms with Gasteiger partial charge in [0.1, 0.15) is 10.6 Å². The molecule has 0 saturated heterocycles. The van der Waals surface area contributed by atoms with Crippen LogP contribution in [0.2, 0.25) is 0 Å². The molecule has 1 aromatic rings. The highest BCUT2D eigenvalue weighted by molar-refractivity contribution is 7.11. The maximum absolute atomic E-state index is 11.6. The lowest BCUT2D eigenvalue weighted by molar-refractivity contribution is 0.0603. The molecule has 96 valence electrons. The molecule has 17 heavy (non-hydrogen) atoms. The van der Waals surface area contributed by atoms with Crippen LogP contribution in [0, 0.1) is 0 Å². The number of hydrogen-bond acceptors (Lipinski definition) is 6. The predicted octanol–water partition coefficient (Wildman–Crippen LogP) is 2.14. The van der Waals surface area contributed by atoms with Gasteiger partial charge in [-0.3, -0.25) is 0 Å². The average molecular weight is 257 g/mol. The predicted molar refractivity (Wildman–Crippen MR) is 70.7 cm³/mol. The molecule has 1 heterocycles. The summed E-state index contributed by atoms with van der Waals surface area (Å²) >= 11 is 1.25. The monoisotopic (exact) mass is 257 g/mol. The molecule has 0 bridgehead atoms. The fraction of sp³-hybridized carbons (Fsp3) is 0.636. The van der Waals surface area contributed by atoms with Gasteiger partial charge in [-0.2, -0.15) is 4.37 Å². The molecular weight excluding hydrogens is 238 g/mol. The zero-order chi connectivity index (χ0) is 12.8. The van der Waals surface area contributed by atoms with Crippen LogP contribution in [0.3, 0.4) is 0 Å². The smallest absolute Gasteiger partial charge is 0.344 e. The first-order chi connectivity index (χ1) is 8.15. The molecule has 0 amide bonds. The molecular formula is C11H19N3O2S. The first-order valence-electron chi connectivity index (χ1n) is 5.74. The summed E-state index contributed by atoms with van der Waals surface area (Å²) in [4.78, 5) is 13.8. The second-order valence-corrected chi connectivity index (χ2v) is 4.42. The third-order valence-electron chi connectivity index (χ3n) is 2.54. The summed E-state index contributed by atoms with van der Waals surface area (Å²) in [6.45, 7) is 5.91. The number of esters is 1. The van der Waals surface area contributed by atoms with E-state index in [9.17, 15) is 4.79 Å². The van der Waals surface area contributed by atoms with Crippen molar-refractivity contribution in [3.05, 3.63) is 5.56 Å². The lowest BCUT2D eigenvalue weighted by Crippen LogP contribution is -2.25. The Morgan fingerprint density at radius 3 is 2.76 bits per heavy atom. The fourth-order valence-corrected chi connectivity index (χ4v) is 2.45. The Kier molecular flexibility index (Phi) is 5.21. The van der Waals surface area contributed by atoms with Crippen molar-refractivity contribution in [1.82, 2.24) is 4.37 Å². The molecule has 1 rings (SSSR count). The first-order valence-corrected chi connectivity index (χ1v) is 6.51. The van der Waals surface area contributed by atoms with Gasteiger partial charge >= 0.3 is 5.97 Å². The number of carbonyl (C=O) groups is 1. The Morgan fingerprint density at radius 1 is 1.53 bits per heavy atom. The van der Waals surface area contributed by atoms with E-state index in [0.717, 1.165) is 30.9 Å². The summed E-state index contributed by atoms with van der Waals surface area (Å²) < 4.78 is 8.78. The van der Waals surface area contributed by atoms with Crippen molar-refractivity contribution >= 4 is 28.3 Å². The average Bonchev–Trinajstić information content (AvgIpc) is 2.71. The number of nitrogen functional groups attached to an aromatic ring is 1. The minimum Gasteiger partial charge on any atom is -0.465 e. The van der Waals surface area contributed by atoms with Crippen molar-refractivity contribution < 1.29 is 9.53 Å². The zero-order valence-corrected chi connectivity index (χ0v) is 11.3. The van der Waals surface area contributed by atoms with E-state index in [1.165, 1.54) is 18.6 Å². The van der Waals surface area contributed by atoms with Gasteiger partial charge in [0.15, 0.2) is 5.82 Å². The van der Waals surface area contributed by atoms with Gasteiger partial charge in [0.05, 0.1) is 7.11 Å². The highest BCUT2D eigenvalue weighted by Crippen LogP contribution is 2.31. The molecule has 2 N–H and O–H groups in total. The molecule has 0 aliphatic rings. The second kappa shape index (κ2) is 6.44. The molecule has 0 aliphatic carbocycles. The summed E-state index contributed by atoms with van der Waals surface area (Å²) in [6, 6.07) is 0. The molecule has 0 atom stereocenters. The van der Waals surface area contributed by atoms with E-state index in [0.29, 0.717) is 5.56 Å². The number of unbranched alkanes of at least 4 members (excludes halogenated alkanes) is 1. The van der Waals surface area contributed by atoms with E-state index < -0.39 is 5.97 Å². The molecule has 0 aliphatic heterocycles. The number of anilines is 2. The molecule has 6 heteroatoms. The lowest BCUT2D eigenvalue weighted by Gasteiger charge is -2.21. The summed E-state index contributed by atoms with van der Waals surface area (Å²) in [7, 11) is 1.35. The zero-order valence-electron chi connectivity index (χ0n) is 10.5. The Hall–Kier alpha value is -1.30. The summed E-state index contributed by atoms with van der Waals surface area (Å²) in [5, 5.41) is 0.810. The lowest BCUT2D eigenvalue weighted by atomic mass is 10.2. The Balaban J connectivity index is 2.98. The van der Waals surface area contributed by atoms with Gasteiger partial charge in [-0.05, 0) is 24.9 Å². The molecule has 0 spiro atoms. The summed E-state index contributed by atoms with van der Waals surface area (Å²) in [5.41, 5.74) is 6.11. The van der Waals surface area contributed by atoms with Crippen LogP contribution in [0.25, 0.3) is 0 Å². The number of hydrogen-bond donors (Lipinski definition) is 1. The van der Waals surface area contributed by atoms with E-state index in [1.807, 2.05) is 6.92 Å². The van der Waals surface area contributed by atoms with Crippen molar-refractivity contribution in [2.45, 2.75) is 26.7 Å². The number of nitrogens with zero attached hydrogens (tertiary/aromatic N) is 2. The van der Waals surface area contributed by atoms with Crippen molar-refractivity contribution in [2.24, 2.45) is 0 Å². The van der Waals surface area contributed by atoms with Crippen LogP contribution in [0.4, 0.5) is 10.8 Å². The van der Waals surface area contributed by atoms with Crippen LogP contribution in [0.15, 0.2) is 0 Å². The first kappa shape index (κ1) is 13.8. The SMILES string of the molecule is CCCCN(CC)c1snc(N)c1C(=O)OC. The van der Waals surface area contributed by atoms with Crippen molar-refractivity contribution in [3.63, 3.8) is 0 Å². The number of rotatable bonds is 6. The quantitative estimate of drug-likeness (QED) is 0.791. The van der Waals surface area contributed by atoms with Crippen LogP contribution in [-0.4, -0.2) is 30.5 Å². The van der Waals surface area contributed by atoms with Gasteiger partial charge in [-0.1, -0.05) is 13.3 Å². The maximum atomic E-state index is 11.6. The van der Waals surface area contributed by atoms with Gasteiger partial charge in [0.25, 0.3) is 0 Å². The maximum Gasteiger partial charge on any atom is 0.344 e. The summed E-state index contributed by atoms with van der Waals surface area (Å²) in [6.07, 6.45) is 2.19.